The van der Waals surface area contributed by atoms with Crippen molar-refractivity contribution < 1.29 is 9.59 Å². The van der Waals surface area contributed by atoms with Gasteiger partial charge in [0, 0.05) is 17.1 Å². The summed E-state index contributed by atoms with van der Waals surface area (Å²) in [6.45, 7) is 1.45. The lowest BCUT2D eigenvalue weighted by molar-refractivity contribution is -0.114. The highest BCUT2D eigenvalue weighted by atomic mass is 79.9. The summed E-state index contributed by atoms with van der Waals surface area (Å²) in [4.78, 5) is 25.9. The minimum Gasteiger partial charge on any atom is -0.326 e. The fraction of sp³-hybridized carbons (Fsp3) is 0.0556. The Balaban J connectivity index is 1.83. The summed E-state index contributed by atoms with van der Waals surface area (Å²) in [6.07, 6.45) is 1.83. The van der Waals surface area contributed by atoms with Gasteiger partial charge in [0.2, 0.25) is 5.91 Å². The monoisotopic (exact) mass is 432 g/mol. The van der Waals surface area contributed by atoms with Gasteiger partial charge in [0.1, 0.15) is 0 Å². The molecule has 1 fully saturated rings. The quantitative estimate of drug-likeness (QED) is 0.558. The molecule has 2 amide bonds. The number of halogens is 1. The maximum absolute atomic E-state index is 12.7. The van der Waals surface area contributed by atoms with Crippen LogP contribution in [0.15, 0.2) is 57.9 Å². The molecule has 0 atom stereocenters. The number of thioether (sulfide) groups is 1. The van der Waals surface area contributed by atoms with E-state index in [2.05, 4.69) is 21.2 Å². The van der Waals surface area contributed by atoms with Gasteiger partial charge in [-0.3, -0.25) is 14.5 Å². The molecule has 2 aromatic carbocycles. The fourth-order valence-electron chi connectivity index (χ4n) is 2.30. The van der Waals surface area contributed by atoms with Crippen molar-refractivity contribution in [2.24, 2.45) is 0 Å². The lowest BCUT2D eigenvalue weighted by Crippen LogP contribution is -2.27. The second kappa shape index (κ2) is 7.51. The third kappa shape index (κ3) is 4.18. The Hall–Kier alpha value is -1.96. The maximum atomic E-state index is 12.7. The second-order valence-corrected chi connectivity index (χ2v) is 7.89. The summed E-state index contributed by atoms with van der Waals surface area (Å²) in [7, 11) is 0. The zero-order valence-electron chi connectivity index (χ0n) is 13.2. The van der Waals surface area contributed by atoms with Gasteiger partial charge in [-0.05, 0) is 48.0 Å². The number of carbonyl (C=O) groups is 2. The SMILES string of the molecule is CC(=O)Nc1ccc(N2C(=O)/C(=C/c3ccc(Br)cc3)SC2=S)cc1. The normalized spacial score (nSPS) is 15.8. The molecule has 126 valence electrons. The molecule has 4 nitrogen and oxygen atoms in total. The molecule has 0 aromatic heterocycles. The molecule has 25 heavy (non-hydrogen) atoms. The molecule has 0 unspecified atom stereocenters. The number of hydrogen-bond acceptors (Lipinski definition) is 4. The number of hydrogen-bond donors (Lipinski definition) is 1. The number of nitrogens with zero attached hydrogens (tertiary/aromatic N) is 1. The van der Waals surface area contributed by atoms with Gasteiger partial charge >= 0.3 is 0 Å². The minimum atomic E-state index is -0.148. The van der Waals surface area contributed by atoms with Crippen molar-refractivity contribution in [2.75, 3.05) is 10.2 Å². The van der Waals surface area contributed by atoms with Crippen LogP contribution in [0.2, 0.25) is 0 Å². The summed E-state index contributed by atoms with van der Waals surface area (Å²) in [5, 5.41) is 2.70. The van der Waals surface area contributed by atoms with Crippen LogP contribution in [-0.2, 0) is 9.59 Å². The predicted molar refractivity (Wildman–Crippen MR) is 111 cm³/mol. The Bertz CT molecular complexity index is 877. The van der Waals surface area contributed by atoms with Gasteiger partial charge in [0.15, 0.2) is 4.32 Å². The van der Waals surface area contributed by atoms with Gasteiger partial charge in [0.05, 0.1) is 10.6 Å². The van der Waals surface area contributed by atoms with E-state index in [0.717, 1.165) is 10.0 Å². The van der Waals surface area contributed by atoms with Crippen molar-refractivity contribution in [1.29, 1.82) is 0 Å². The summed E-state index contributed by atoms with van der Waals surface area (Å²) in [5.74, 6) is -0.291. The summed E-state index contributed by atoms with van der Waals surface area (Å²) in [6, 6.07) is 14.7. The van der Waals surface area contributed by atoms with E-state index in [9.17, 15) is 9.59 Å². The highest BCUT2D eigenvalue weighted by Gasteiger charge is 2.33. The molecule has 1 N–H and O–H groups in total. The molecule has 0 radical (unpaired) electrons. The molecule has 7 heteroatoms. The smallest absolute Gasteiger partial charge is 0.270 e. The maximum Gasteiger partial charge on any atom is 0.270 e. The van der Waals surface area contributed by atoms with Gasteiger partial charge in [-0.15, -0.1) is 0 Å². The highest BCUT2D eigenvalue weighted by molar-refractivity contribution is 9.10. The molecular formula is C18H13BrN2O2S2. The standard InChI is InChI=1S/C18H13BrN2O2S2/c1-11(22)20-14-6-8-15(9-7-14)21-17(23)16(25-18(21)24)10-12-2-4-13(19)5-3-12/h2-10H,1H3,(H,20,22)/b16-10-. The number of thiocarbonyl (C=S) groups is 1. The van der Waals surface area contributed by atoms with Crippen molar-refractivity contribution in [1.82, 2.24) is 0 Å². The van der Waals surface area contributed by atoms with Gasteiger partial charge in [-0.25, -0.2) is 0 Å². The van der Waals surface area contributed by atoms with Crippen LogP contribution >= 0.6 is 39.9 Å². The Labute approximate surface area is 163 Å². The van der Waals surface area contributed by atoms with E-state index in [0.29, 0.717) is 20.6 Å². The van der Waals surface area contributed by atoms with Crippen LogP contribution in [-0.4, -0.2) is 16.1 Å². The molecule has 1 saturated heterocycles. The summed E-state index contributed by atoms with van der Waals surface area (Å²) in [5.41, 5.74) is 2.28. The lowest BCUT2D eigenvalue weighted by atomic mass is 10.2. The second-order valence-electron chi connectivity index (χ2n) is 5.30. The van der Waals surface area contributed by atoms with Crippen molar-refractivity contribution >= 4 is 73.5 Å². The molecule has 1 aliphatic rings. The topological polar surface area (TPSA) is 49.4 Å². The minimum absolute atomic E-state index is 0.143. The van der Waals surface area contributed by atoms with Crippen molar-refractivity contribution in [2.45, 2.75) is 6.92 Å². The van der Waals surface area contributed by atoms with E-state index in [4.69, 9.17) is 12.2 Å². The van der Waals surface area contributed by atoms with Crippen LogP contribution < -0.4 is 10.2 Å². The first-order valence-electron chi connectivity index (χ1n) is 7.35. The molecule has 0 saturated carbocycles. The van der Waals surface area contributed by atoms with E-state index >= 15 is 0 Å². The van der Waals surface area contributed by atoms with Gasteiger partial charge in [0.25, 0.3) is 5.91 Å². The first-order valence-corrected chi connectivity index (χ1v) is 9.37. The summed E-state index contributed by atoms with van der Waals surface area (Å²) >= 11 is 10.0. The Morgan fingerprint density at radius 2 is 1.80 bits per heavy atom. The number of rotatable bonds is 3. The first kappa shape index (κ1) is 17.8. The van der Waals surface area contributed by atoms with E-state index in [1.54, 1.807) is 24.3 Å². The van der Waals surface area contributed by atoms with Gasteiger partial charge in [-0.2, -0.15) is 0 Å². The Kier molecular flexibility index (Phi) is 5.36. The average Bonchev–Trinajstić information content (AvgIpc) is 2.84. The van der Waals surface area contributed by atoms with Crippen LogP contribution in [0.3, 0.4) is 0 Å². The lowest BCUT2D eigenvalue weighted by Gasteiger charge is -2.15. The van der Waals surface area contributed by atoms with Crippen LogP contribution in [0, 0.1) is 0 Å². The van der Waals surface area contributed by atoms with Crippen molar-refractivity contribution in [3.63, 3.8) is 0 Å². The Morgan fingerprint density at radius 1 is 1.16 bits per heavy atom. The molecule has 1 heterocycles. The third-order valence-electron chi connectivity index (χ3n) is 3.41. The van der Waals surface area contributed by atoms with E-state index < -0.39 is 0 Å². The van der Waals surface area contributed by atoms with Crippen molar-refractivity contribution in [3.8, 4) is 0 Å². The number of carbonyl (C=O) groups excluding carboxylic acids is 2. The number of nitrogens with one attached hydrogen (secondary N) is 1. The average molecular weight is 433 g/mol. The molecule has 1 aliphatic heterocycles. The van der Waals surface area contributed by atoms with E-state index in [1.165, 1.54) is 23.6 Å². The first-order chi connectivity index (χ1) is 11.9. The number of anilines is 2. The van der Waals surface area contributed by atoms with E-state index in [-0.39, 0.29) is 11.8 Å². The van der Waals surface area contributed by atoms with E-state index in [1.807, 2.05) is 30.3 Å². The van der Waals surface area contributed by atoms with Gasteiger partial charge in [-0.1, -0.05) is 52.0 Å². The molecular weight excluding hydrogens is 420 g/mol. The molecule has 0 aliphatic carbocycles. The molecule has 2 aromatic rings. The molecule has 3 rings (SSSR count). The Morgan fingerprint density at radius 3 is 2.40 bits per heavy atom. The highest BCUT2D eigenvalue weighted by Crippen LogP contribution is 2.36. The van der Waals surface area contributed by atoms with Crippen LogP contribution in [0.4, 0.5) is 11.4 Å². The number of amides is 2. The van der Waals surface area contributed by atoms with Crippen LogP contribution in [0.25, 0.3) is 6.08 Å². The zero-order valence-corrected chi connectivity index (χ0v) is 16.4. The molecule has 0 bridgehead atoms. The van der Waals surface area contributed by atoms with Crippen LogP contribution in [0.1, 0.15) is 12.5 Å². The van der Waals surface area contributed by atoms with Crippen LogP contribution in [0.5, 0.6) is 0 Å². The van der Waals surface area contributed by atoms with Gasteiger partial charge < -0.3 is 5.32 Å². The zero-order chi connectivity index (χ0) is 18.0. The largest absolute Gasteiger partial charge is 0.326 e. The predicted octanol–water partition coefficient (Wildman–Crippen LogP) is 4.81. The molecule has 0 spiro atoms. The van der Waals surface area contributed by atoms with Crippen molar-refractivity contribution in [3.05, 3.63) is 63.5 Å². The number of benzene rings is 2. The summed E-state index contributed by atoms with van der Waals surface area (Å²) < 4.78 is 1.47. The fourth-order valence-corrected chi connectivity index (χ4v) is 3.86. The third-order valence-corrected chi connectivity index (χ3v) is 5.24.